The molecule has 0 atom stereocenters. The first kappa shape index (κ1) is 15.8. The number of hydrogen-bond acceptors (Lipinski definition) is 4. The summed E-state index contributed by atoms with van der Waals surface area (Å²) in [6.07, 6.45) is 0. The van der Waals surface area contributed by atoms with E-state index in [0.717, 1.165) is 26.2 Å². The lowest BCUT2D eigenvalue weighted by Crippen LogP contribution is -2.52. The zero-order valence-electron chi connectivity index (χ0n) is 12.0. The van der Waals surface area contributed by atoms with E-state index in [4.69, 9.17) is 0 Å². The fraction of sp³-hybridized carbons (Fsp3) is 0.923. The summed E-state index contributed by atoms with van der Waals surface area (Å²) < 4.78 is 0. The Kier molecular flexibility index (Phi) is 5.95. The van der Waals surface area contributed by atoms with Crippen LogP contribution in [0.4, 0.5) is 0 Å². The molecule has 1 rings (SSSR count). The number of carbonyl (C=O) groups excluding carboxylic acids is 1. The van der Waals surface area contributed by atoms with E-state index in [2.05, 4.69) is 18.7 Å². The van der Waals surface area contributed by atoms with E-state index in [-0.39, 0.29) is 5.91 Å². The molecule has 1 heterocycles. The van der Waals surface area contributed by atoms with Crippen molar-refractivity contribution in [2.75, 3.05) is 38.5 Å². The molecule has 1 fully saturated rings. The SMILES string of the molecule is CC(C)SCC(=O)N1CCN(CC(C)(C)O)CC1. The number of thioether (sulfide) groups is 1. The molecule has 18 heavy (non-hydrogen) atoms. The Labute approximate surface area is 115 Å². The zero-order valence-corrected chi connectivity index (χ0v) is 12.8. The smallest absolute Gasteiger partial charge is 0.232 e. The summed E-state index contributed by atoms with van der Waals surface area (Å²) in [4.78, 5) is 16.1. The lowest BCUT2D eigenvalue weighted by molar-refractivity contribution is -0.130. The Morgan fingerprint density at radius 3 is 2.28 bits per heavy atom. The van der Waals surface area contributed by atoms with E-state index in [1.54, 1.807) is 11.8 Å². The van der Waals surface area contributed by atoms with Crippen LogP contribution < -0.4 is 0 Å². The molecule has 4 nitrogen and oxygen atoms in total. The van der Waals surface area contributed by atoms with Crippen LogP contribution in [0.5, 0.6) is 0 Å². The minimum atomic E-state index is -0.653. The summed E-state index contributed by atoms with van der Waals surface area (Å²) in [5.41, 5.74) is -0.653. The van der Waals surface area contributed by atoms with Crippen LogP contribution >= 0.6 is 11.8 Å². The predicted molar refractivity (Wildman–Crippen MR) is 76.9 cm³/mol. The van der Waals surface area contributed by atoms with Gasteiger partial charge in [0.2, 0.25) is 5.91 Å². The van der Waals surface area contributed by atoms with Gasteiger partial charge in [-0.2, -0.15) is 0 Å². The first-order valence-electron chi connectivity index (χ1n) is 6.62. The lowest BCUT2D eigenvalue weighted by Gasteiger charge is -2.37. The summed E-state index contributed by atoms with van der Waals surface area (Å²) in [5.74, 6) is 0.833. The molecule has 0 aromatic carbocycles. The summed E-state index contributed by atoms with van der Waals surface area (Å²) in [7, 11) is 0. The van der Waals surface area contributed by atoms with Gasteiger partial charge in [-0.15, -0.1) is 11.8 Å². The largest absolute Gasteiger partial charge is 0.389 e. The van der Waals surface area contributed by atoms with Gasteiger partial charge < -0.3 is 10.0 Å². The molecular weight excluding hydrogens is 248 g/mol. The third-order valence-electron chi connectivity index (χ3n) is 2.88. The van der Waals surface area contributed by atoms with E-state index in [9.17, 15) is 9.90 Å². The summed E-state index contributed by atoms with van der Waals surface area (Å²) in [5, 5.41) is 10.3. The monoisotopic (exact) mass is 274 g/mol. The molecule has 0 aromatic rings. The highest BCUT2D eigenvalue weighted by Gasteiger charge is 2.24. The van der Waals surface area contributed by atoms with Gasteiger partial charge in [0.25, 0.3) is 0 Å². The number of amides is 1. The Bertz CT molecular complexity index is 269. The highest BCUT2D eigenvalue weighted by molar-refractivity contribution is 8.00. The summed E-state index contributed by atoms with van der Waals surface area (Å²) in [6.45, 7) is 11.8. The first-order chi connectivity index (χ1) is 8.28. The molecule has 1 amide bonds. The molecule has 0 aliphatic carbocycles. The predicted octanol–water partition coefficient (Wildman–Crippen LogP) is 1.04. The number of piperazine rings is 1. The van der Waals surface area contributed by atoms with Crippen molar-refractivity contribution < 1.29 is 9.90 Å². The zero-order chi connectivity index (χ0) is 13.8. The van der Waals surface area contributed by atoms with Crippen molar-refractivity contribution in [3.8, 4) is 0 Å². The third kappa shape index (κ3) is 6.07. The fourth-order valence-electron chi connectivity index (χ4n) is 2.03. The quantitative estimate of drug-likeness (QED) is 0.814. The second-order valence-corrected chi connectivity index (χ2v) is 7.39. The second kappa shape index (κ2) is 6.78. The molecule has 106 valence electrons. The Balaban J connectivity index is 2.28. The number of aliphatic hydroxyl groups is 1. The van der Waals surface area contributed by atoms with Gasteiger partial charge in [-0.1, -0.05) is 13.8 Å². The number of β-amino-alcohol motifs (C(OH)–C–C–N with tert-alkyl or cyclic N) is 1. The molecular formula is C13H26N2O2S. The topological polar surface area (TPSA) is 43.8 Å². The average molecular weight is 274 g/mol. The van der Waals surface area contributed by atoms with Crippen LogP contribution in [0.2, 0.25) is 0 Å². The minimum Gasteiger partial charge on any atom is -0.389 e. The van der Waals surface area contributed by atoms with Gasteiger partial charge in [-0.3, -0.25) is 9.69 Å². The van der Waals surface area contributed by atoms with Crippen LogP contribution in [-0.2, 0) is 4.79 Å². The van der Waals surface area contributed by atoms with Crippen molar-refractivity contribution >= 4 is 17.7 Å². The highest BCUT2D eigenvalue weighted by atomic mass is 32.2. The van der Waals surface area contributed by atoms with Gasteiger partial charge in [0.05, 0.1) is 11.4 Å². The van der Waals surface area contributed by atoms with E-state index >= 15 is 0 Å². The number of hydrogen-bond donors (Lipinski definition) is 1. The summed E-state index contributed by atoms with van der Waals surface area (Å²) in [6, 6.07) is 0. The van der Waals surface area contributed by atoms with Crippen LogP contribution in [0.25, 0.3) is 0 Å². The van der Waals surface area contributed by atoms with Crippen LogP contribution in [0, 0.1) is 0 Å². The Morgan fingerprint density at radius 1 is 1.28 bits per heavy atom. The molecule has 1 aliphatic heterocycles. The maximum Gasteiger partial charge on any atom is 0.232 e. The normalized spacial score (nSPS) is 18.4. The highest BCUT2D eigenvalue weighted by Crippen LogP contribution is 2.12. The number of nitrogens with zero attached hydrogens (tertiary/aromatic N) is 2. The van der Waals surface area contributed by atoms with Gasteiger partial charge in [0.15, 0.2) is 0 Å². The van der Waals surface area contributed by atoms with Gasteiger partial charge in [-0.25, -0.2) is 0 Å². The minimum absolute atomic E-state index is 0.247. The van der Waals surface area contributed by atoms with Crippen LogP contribution in [0.3, 0.4) is 0 Å². The third-order valence-corrected chi connectivity index (χ3v) is 3.96. The number of carbonyl (C=O) groups is 1. The molecule has 1 aliphatic rings. The standard InChI is InChI=1S/C13H26N2O2S/c1-11(2)18-9-12(16)15-7-5-14(6-8-15)10-13(3,4)17/h11,17H,5-10H2,1-4H3. The lowest BCUT2D eigenvalue weighted by atomic mass is 10.1. The maximum atomic E-state index is 11.9. The molecule has 0 bridgehead atoms. The van der Waals surface area contributed by atoms with E-state index < -0.39 is 5.60 Å². The molecule has 0 saturated carbocycles. The van der Waals surface area contributed by atoms with Crippen molar-refractivity contribution in [3.63, 3.8) is 0 Å². The molecule has 0 radical (unpaired) electrons. The second-order valence-electron chi connectivity index (χ2n) is 5.83. The molecule has 0 aromatic heterocycles. The molecule has 0 unspecified atom stereocenters. The average Bonchev–Trinajstić information content (AvgIpc) is 2.24. The van der Waals surface area contributed by atoms with Crippen LogP contribution in [-0.4, -0.2) is 70.1 Å². The van der Waals surface area contributed by atoms with Crippen molar-refractivity contribution in [3.05, 3.63) is 0 Å². The van der Waals surface area contributed by atoms with Crippen LogP contribution in [0.15, 0.2) is 0 Å². The van der Waals surface area contributed by atoms with Gasteiger partial charge in [0, 0.05) is 32.7 Å². The van der Waals surface area contributed by atoms with Gasteiger partial charge in [0.1, 0.15) is 0 Å². The van der Waals surface area contributed by atoms with Crippen molar-refractivity contribution in [2.45, 2.75) is 38.5 Å². The number of rotatable bonds is 5. The molecule has 0 spiro atoms. The van der Waals surface area contributed by atoms with E-state index in [1.165, 1.54) is 0 Å². The van der Waals surface area contributed by atoms with E-state index in [1.807, 2.05) is 18.7 Å². The maximum absolute atomic E-state index is 11.9. The fourth-order valence-corrected chi connectivity index (χ4v) is 2.69. The van der Waals surface area contributed by atoms with Crippen molar-refractivity contribution in [1.82, 2.24) is 9.80 Å². The van der Waals surface area contributed by atoms with Crippen molar-refractivity contribution in [1.29, 1.82) is 0 Å². The Morgan fingerprint density at radius 2 is 1.83 bits per heavy atom. The molecule has 5 heteroatoms. The van der Waals surface area contributed by atoms with E-state index in [0.29, 0.717) is 17.5 Å². The van der Waals surface area contributed by atoms with Gasteiger partial charge >= 0.3 is 0 Å². The Hall–Kier alpha value is -0.260. The van der Waals surface area contributed by atoms with Crippen molar-refractivity contribution in [2.24, 2.45) is 0 Å². The first-order valence-corrected chi connectivity index (χ1v) is 7.67. The summed E-state index contributed by atoms with van der Waals surface area (Å²) >= 11 is 1.70. The molecule has 1 saturated heterocycles. The molecule has 1 N–H and O–H groups in total. The van der Waals surface area contributed by atoms with Crippen LogP contribution in [0.1, 0.15) is 27.7 Å². The van der Waals surface area contributed by atoms with Gasteiger partial charge in [-0.05, 0) is 19.1 Å².